The van der Waals surface area contributed by atoms with Crippen molar-refractivity contribution in [2.24, 2.45) is 0 Å². The lowest BCUT2D eigenvalue weighted by molar-refractivity contribution is -1.02. The van der Waals surface area contributed by atoms with Crippen LogP contribution >= 0.6 is 12.2 Å². The molecule has 1 fully saturated rings. The molecule has 2 heterocycles. The van der Waals surface area contributed by atoms with Gasteiger partial charge in [-0.05, 0) is 45.1 Å². The van der Waals surface area contributed by atoms with Crippen molar-refractivity contribution < 1.29 is 23.4 Å². The van der Waals surface area contributed by atoms with Crippen LogP contribution in [0.1, 0.15) is 20.8 Å². The predicted octanol–water partition coefficient (Wildman–Crippen LogP) is -0.333. The molecular weight excluding hydrogens is 381 g/mol. The molecule has 0 unspecified atom stereocenters. The number of hydrogen-bond acceptors (Lipinski definition) is 4. The van der Waals surface area contributed by atoms with Gasteiger partial charge in [-0.3, -0.25) is 4.79 Å². The molecule has 3 N–H and O–H groups in total. The van der Waals surface area contributed by atoms with Gasteiger partial charge < -0.3 is 19.5 Å². The van der Waals surface area contributed by atoms with Gasteiger partial charge in [0.25, 0.3) is 10.7 Å². The first-order chi connectivity index (χ1) is 13.2. The number of rotatable bonds is 5. The maximum absolute atomic E-state index is 13.9. The summed E-state index contributed by atoms with van der Waals surface area (Å²) in [6.07, 6.45) is 0. The van der Waals surface area contributed by atoms with E-state index in [2.05, 4.69) is 10.4 Å². The number of carbonyl (C=O) groups is 1. The van der Waals surface area contributed by atoms with Crippen LogP contribution in [0.25, 0.3) is 11.5 Å². The molecule has 0 saturated carbocycles. The highest BCUT2D eigenvalue weighted by Gasteiger charge is 2.27. The molecule has 1 amide bonds. The SMILES string of the molecule is CC(C)(C)NC(=O)C[NH+]1CC[NH+](Cn2nc(-c3ccccc3F)oc2=S)CC1. The Labute approximate surface area is 169 Å². The smallest absolute Gasteiger partial charge is 0.292 e. The lowest BCUT2D eigenvalue weighted by atomic mass is 10.1. The summed E-state index contributed by atoms with van der Waals surface area (Å²) < 4.78 is 21.1. The number of aromatic nitrogens is 2. The molecule has 1 aromatic carbocycles. The van der Waals surface area contributed by atoms with Gasteiger partial charge >= 0.3 is 0 Å². The Morgan fingerprint density at radius 2 is 1.89 bits per heavy atom. The van der Waals surface area contributed by atoms with Crippen molar-refractivity contribution >= 4 is 18.1 Å². The van der Waals surface area contributed by atoms with Crippen molar-refractivity contribution in [2.75, 3.05) is 32.7 Å². The van der Waals surface area contributed by atoms with E-state index in [1.807, 2.05) is 20.8 Å². The van der Waals surface area contributed by atoms with Gasteiger partial charge in [-0.1, -0.05) is 12.1 Å². The maximum Gasteiger partial charge on any atom is 0.292 e. The van der Waals surface area contributed by atoms with Crippen LogP contribution in [0.4, 0.5) is 4.39 Å². The van der Waals surface area contributed by atoms with Crippen molar-refractivity contribution in [1.29, 1.82) is 0 Å². The standard InChI is InChI=1S/C19H26FN5O2S/c1-19(2,3)21-16(26)12-23-8-10-24(11-9-23)13-25-18(28)27-17(22-25)14-6-4-5-7-15(14)20/h4-7H,8-13H2,1-3H3,(H,21,26)/p+2. The molecule has 7 nitrogen and oxygen atoms in total. The molecule has 9 heteroatoms. The van der Waals surface area contributed by atoms with Gasteiger partial charge in [-0.25, -0.2) is 4.39 Å². The first kappa shape index (κ1) is 20.6. The minimum absolute atomic E-state index is 0.0826. The summed E-state index contributed by atoms with van der Waals surface area (Å²) in [6.45, 7) is 10.6. The third-order valence-electron chi connectivity index (χ3n) is 4.67. The molecule has 1 aliphatic heterocycles. The molecule has 1 aliphatic rings. The summed E-state index contributed by atoms with van der Waals surface area (Å²) in [5.74, 6) is -0.103. The summed E-state index contributed by atoms with van der Waals surface area (Å²) >= 11 is 5.26. The highest BCUT2D eigenvalue weighted by molar-refractivity contribution is 7.71. The van der Waals surface area contributed by atoms with E-state index in [0.29, 0.717) is 18.8 Å². The molecule has 1 aromatic heterocycles. The average molecular weight is 410 g/mol. The maximum atomic E-state index is 13.9. The summed E-state index contributed by atoms with van der Waals surface area (Å²) in [4.78, 5) is 14.9. The van der Waals surface area contributed by atoms with Crippen LogP contribution in [-0.4, -0.2) is 54.0 Å². The number of hydrogen-bond donors (Lipinski definition) is 3. The zero-order chi connectivity index (χ0) is 20.3. The molecule has 0 atom stereocenters. The lowest BCUT2D eigenvalue weighted by Crippen LogP contribution is -3.28. The number of halogens is 1. The van der Waals surface area contributed by atoms with Gasteiger partial charge in [-0.15, -0.1) is 5.10 Å². The highest BCUT2D eigenvalue weighted by atomic mass is 32.1. The first-order valence-corrected chi connectivity index (χ1v) is 9.93. The second-order valence-electron chi connectivity index (χ2n) is 8.29. The molecular formula is C19H28FN5O2S+2. The number of piperazine rings is 1. The molecule has 2 aromatic rings. The van der Waals surface area contributed by atoms with E-state index in [1.165, 1.54) is 15.9 Å². The Bertz CT molecular complexity index is 881. The van der Waals surface area contributed by atoms with E-state index >= 15 is 0 Å². The van der Waals surface area contributed by atoms with Crippen LogP contribution in [0.5, 0.6) is 0 Å². The minimum Gasteiger partial charge on any atom is -0.409 e. The lowest BCUT2D eigenvalue weighted by Gasteiger charge is -2.30. The quantitative estimate of drug-likeness (QED) is 0.592. The summed E-state index contributed by atoms with van der Waals surface area (Å²) in [5.41, 5.74) is 0.102. The van der Waals surface area contributed by atoms with E-state index in [1.54, 1.807) is 22.9 Å². The number of nitrogens with one attached hydrogen (secondary N) is 3. The third-order valence-corrected chi connectivity index (χ3v) is 4.97. The summed E-state index contributed by atoms with van der Waals surface area (Å²) in [5, 5.41) is 7.37. The van der Waals surface area contributed by atoms with E-state index < -0.39 is 0 Å². The average Bonchev–Trinajstić information content (AvgIpc) is 2.96. The largest absolute Gasteiger partial charge is 0.409 e. The van der Waals surface area contributed by atoms with Gasteiger partial charge in [0.2, 0.25) is 5.89 Å². The normalized spacial score (nSPS) is 20.1. The fourth-order valence-corrected chi connectivity index (χ4v) is 3.53. The zero-order valence-corrected chi connectivity index (χ0v) is 17.4. The van der Waals surface area contributed by atoms with Gasteiger partial charge in [0, 0.05) is 5.54 Å². The minimum atomic E-state index is -0.385. The summed E-state index contributed by atoms with van der Waals surface area (Å²) in [6, 6.07) is 6.35. The Balaban J connectivity index is 1.55. The number of carbonyl (C=O) groups excluding carboxylic acids is 1. The van der Waals surface area contributed by atoms with Crippen LogP contribution in [0.15, 0.2) is 28.7 Å². The topological polar surface area (TPSA) is 68.9 Å². The number of benzene rings is 1. The van der Waals surface area contributed by atoms with Gasteiger partial charge in [0.1, 0.15) is 32.0 Å². The van der Waals surface area contributed by atoms with Gasteiger partial charge in [-0.2, -0.15) is 4.68 Å². The van der Waals surface area contributed by atoms with Crippen molar-refractivity contribution in [1.82, 2.24) is 15.1 Å². The van der Waals surface area contributed by atoms with Crippen molar-refractivity contribution in [3.8, 4) is 11.5 Å². The Morgan fingerprint density at radius 3 is 2.54 bits per heavy atom. The van der Waals surface area contributed by atoms with Crippen molar-refractivity contribution in [3.63, 3.8) is 0 Å². The fraction of sp³-hybridized carbons (Fsp3) is 0.526. The van der Waals surface area contributed by atoms with Gasteiger partial charge in [0.05, 0.1) is 5.56 Å². The molecule has 0 radical (unpaired) electrons. The van der Waals surface area contributed by atoms with E-state index in [-0.39, 0.29) is 28.0 Å². The zero-order valence-electron chi connectivity index (χ0n) is 16.5. The monoisotopic (exact) mass is 409 g/mol. The molecule has 152 valence electrons. The molecule has 28 heavy (non-hydrogen) atoms. The fourth-order valence-electron chi connectivity index (χ4n) is 3.34. The van der Waals surface area contributed by atoms with E-state index in [0.717, 1.165) is 26.2 Å². The number of amides is 1. The highest BCUT2D eigenvalue weighted by Crippen LogP contribution is 2.20. The predicted molar refractivity (Wildman–Crippen MR) is 105 cm³/mol. The third kappa shape index (κ3) is 5.46. The Morgan fingerprint density at radius 1 is 1.25 bits per heavy atom. The second-order valence-corrected chi connectivity index (χ2v) is 8.63. The molecule has 0 bridgehead atoms. The number of quaternary nitrogens is 2. The van der Waals surface area contributed by atoms with Crippen LogP contribution in [0.3, 0.4) is 0 Å². The Kier molecular flexibility index (Phi) is 6.26. The van der Waals surface area contributed by atoms with Crippen molar-refractivity contribution in [3.05, 3.63) is 34.9 Å². The van der Waals surface area contributed by atoms with Crippen LogP contribution in [0.2, 0.25) is 0 Å². The van der Waals surface area contributed by atoms with Crippen LogP contribution < -0.4 is 15.1 Å². The second kappa shape index (κ2) is 8.50. The number of nitrogens with zero attached hydrogens (tertiary/aromatic N) is 2. The summed E-state index contributed by atoms with van der Waals surface area (Å²) in [7, 11) is 0. The van der Waals surface area contributed by atoms with Crippen LogP contribution in [0, 0.1) is 10.7 Å². The van der Waals surface area contributed by atoms with E-state index in [9.17, 15) is 9.18 Å². The van der Waals surface area contributed by atoms with Crippen molar-refractivity contribution in [2.45, 2.75) is 33.0 Å². The van der Waals surface area contributed by atoms with Crippen LogP contribution in [-0.2, 0) is 11.5 Å². The Hall–Kier alpha value is -2.10. The van der Waals surface area contributed by atoms with Gasteiger partial charge in [0.15, 0.2) is 13.2 Å². The molecule has 1 saturated heterocycles. The molecule has 0 spiro atoms. The first-order valence-electron chi connectivity index (χ1n) is 9.52. The molecule has 0 aliphatic carbocycles. The molecule has 3 rings (SSSR count). The van der Waals surface area contributed by atoms with E-state index in [4.69, 9.17) is 16.6 Å².